The molecule has 0 rings (SSSR count). The molecule has 0 heterocycles. The molecule has 0 radical (unpaired) electrons. The maximum absolute atomic E-state index is 12.1. The van der Waals surface area contributed by atoms with Crippen molar-refractivity contribution < 1.29 is 28.2 Å². The van der Waals surface area contributed by atoms with E-state index in [0.29, 0.717) is 0 Å². The van der Waals surface area contributed by atoms with Crippen LogP contribution < -0.4 is 0 Å². The Bertz CT molecular complexity index is 553. The van der Waals surface area contributed by atoms with Gasteiger partial charge in [-0.2, -0.15) is 0 Å². The number of hydrogen-bond acceptors (Lipinski definition) is 6. The van der Waals surface area contributed by atoms with E-state index in [9.17, 15) is 19.3 Å². The van der Waals surface area contributed by atoms with Gasteiger partial charge in [0.15, 0.2) is 6.29 Å². The zero-order chi connectivity index (χ0) is 24.9. The first-order valence-electron chi connectivity index (χ1n) is 11.8. The number of aliphatic hydroxyl groups excluding tert-OH is 2. The van der Waals surface area contributed by atoms with Crippen molar-refractivity contribution in [2.45, 2.75) is 141 Å². The summed E-state index contributed by atoms with van der Waals surface area (Å²) in [6.07, 6.45) is -2.94. The highest BCUT2D eigenvalue weighted by molar-refractivity contribution is 7.31. The predicted octanol–water partition coefficient (Wildman–Crippen LogP) is 6.94. The van der Waals surface area contributed by atoms with Crippen LogP contribution in [0.3, 0.4) is 0 Å². The van der Waals surface area contributed by atoms with Crippen molar-refractivity contribution in [3.8, 4) is 0 Å². The predicted molar refractivity (Wildman–Crippen MR) is 133 cm³/mol. The Hall–Kier alpha value is 0.174. The fourth-order valence-electron chi connectivity index (χ4n) is 5.90. The van der Waals surface area contributed by atoms with E-state index in [2.05, 4.69) is 83.1 Å². The minimum Gasteiger partial charge on any atom is -0.392 e. The van der Waals surface area contributed by atoms with Crippen molar-refractivity contribution in [2.75, 3.05) is 0 Å². The molecule has 2 N–H and O–H groups in total. The van der Waals surface area contributed by atoms with Crippen LogP contribution in [0.15, 0.2) is 0 Å². The summed E-state index contributed by atoms with van der Waals surface area (Å²) in [5.41, 5.74) is 0.164. The van der Waals surface area contributed by atoms with Crippen LogP contribution in [0.2, 0.25) is 33.2 Å². The SMILES string of the molecule is CC(C)[Si](OC(O)CC(C(O)O[Si](C(C)C)(C(C)C)C(C)C)P(=O)=O)(C(C)C)C(C)C. The average molecular weight is 497 g/mol. The van der Waals surface area contributed by atoms with E-state index in [-0.39, 0.29) is 39.7 Å². The first-order valence-corrected chi connectivity index (χ1v) is 17.4. The monoisotopic (exact) mass is 496 g/mol. The lowest BCUT2D eigenvalue weighted by atomic mass is 10.3. The van der Waals surface area contributed by atoms with Gasteiger partial charge in [0.05, 0.1) is 0 Å². The van der Waals surface area contributed by atoms with E-state index < -0.39 is 42.6 Å². The van der Waals surface area contributed by atoms with Crippen LogP contribution in [0, 0.1) is 0 Å². The van der Waals surface area contributed by atoms with Crippen LogP contribution in [0.1, 0.15) is 89.5 Å². The molecule has 0 saturated heterocycles. The zero-order valence-corrected chi connectivity index (χ0v) is 24.8. The fraction of sp³-hybridized carbons (Fsp3) is 1.00. The van der Waals surface area contributed by atoms with Crippen LogP contribution in [-0.4, -0.2) is 45.1 Å². The van der Waals surface area contributed by atoms with Gasteiger partial charge < -0.3 is 19.1 Å². The highest BCUT2D eigenvalue weighted by Crippen LogP contribution is 2.45. The maximum atomic E-state index is 12.1. The molecule has 0 aromatic rings. The third kappa shape index (κ3) is 7.08. The lowest BCUT2D eigenvalue weighted by molar-refractivity contribution is -0.0760. The molecule has 0 aromatic heterocycles. The zero-order valence-electron chi connectivity index (χ0n) is 21.9. The van der Waals surface area contributed by atoms with Crippen LogP contribution in [0.25, 0.3) is 0 Å². The Morgan fingerprint density at radius 1 is 0.613 bits per heavy atom. The highest BCUT2D eigenvalue weighted by atomic mass is 31.1. The van der Waals surface area contributed by atoms with E-state index in [0.717, 1.165) is 0 Å². The van der Waals surface area contributed by atoms with Gasteiger partial charge in [-0.3, -0.25) is 0 Å². The molecule has 186 valence electrons. The van der Waals surface area contributed by atoms with E-state index in [1.54, 1.807) is 0 Å². The van der Waals surface area contributed by atoms with Crippen molar-refractivity contribution in [3.63, 3.8) is 0 Å². The van der Waals surface area contributed by atoms with Crippen LogP contribution in [-0.2, 0) is 18.0 Å². The van der Waals surface area contributed by atoms with Gasteiger partial charge in [0.1, 0.15) is 11.9 Å². The summed E-state index contributed by atoms with van der Waals surface area (Å²) < 4.78 is 36.8. The summed E-state index contributed by atoms with van der Waals surface area (Å²) >= 11 is 0. The molecule has 0 aliphatic rings. The molecule has 0 saturated carbocycles. The van der Waals surface area contributed by atoms with Gasteiger partial charge in [-0.15, -0.1) is 0 Å². The first-order chi connectivity index (χ1) is 14.0. The maximum Gasteiger partial charge on any atom is 0.324 e. The number of rotatable bonds is 14. The smallest absolute Gasteiger partial charge is 0.324 e. The van der Waals surface area contributed by atoms with Gasteiger partial charge in [0, 0.05) is 6.42 Å². The normalized spacial score (nSPS) is 16.8. The van der Waals surface area contributed by atoms with Crippen LogP contribution >= 0.6 is 7.68 Å². The Morgan fingerprint density at radius 3 is 1.16 bits per heavy atom. The quantitative estimate of drug-likeness (QED) is 0.154. The molecular formula is C22H49O6PSi2. The summed E-state index contributed by atoms with van der Waals surface area (Å²) in [6.45, 7) is 25.1. The van der Waals surface area contributed by atoms with Gasteiger partial charge in [0.2, 0.25) is 16.6 Å². The average Bonchev–Trinajstić information content (AvgIpc) is 2.59. The minimum absolute atomic E-state index is 0.195. The standard InChI is InChI=1S/C22H49O6PSi2/c1-14(2)30(15(3)4,16(5)6)27-21(23)13-20(29(25)26)22(24)28-31(17(7)8,18(9)10)19(11)12/h14-24H,13H2,1-12H3. The van der Waals surface area contributed by atoms with Gasteiger partial charge >= 0.3 is 7.68 Å². The Morgan fingerprint density at radius 2 is 0.903 bits per heavy atom. The van der Waals surface area contributed by atoms with Crippen LogP contribution in [0.5, 0.6) is 0 Å². The van der Waals surface area contributed by atoms with Crippen molar-refractivity contribution in [1.82, 2.24) is 0 Å². The van der Waals surface area contributed by atoms with Gasteiger partial charge in [-0.05, 0) is 33.2 Å². The molecule has 0 fully saturated rings. The summed E-state index contributed by atoms with van der Waals surface area (Å²) in [4.78, 5) is 0. The summed E-state index contributed by atoms with van der Waals surface area (Å²) in [5, 5.41) is 21.7. The molecule has 0 aliphatic heterocycles. The summed E-state index contributed by atoms with van der Waals surface area (Å²) in [5.74, 6) is 0. The van der Waals surface area contributed by atoms with E-state index in [1.807, 2.05) is 0 Å². The Kier molecular flexibility index (Phi) is 12.7. The largest absolute Gasteiger partial charge is 0.392 e. The van der Waals surface area contributed by atoms with Crippen LogP contribution in [0.4, 0.5) is 0 Å². The van der Waals surface area contributed by atoms with Crippen molar-refractivity contribution in [3.05, 3.63) is 0 Å². The van der Waals surface area contributed by atoms with Crippen molar-refractivity contribution in [1.29, 1.82) is 0 Å². The second-order valence-corrected chi connectivity index (χ2v) is 22.9. The number of hydrogen-bond donors (Lipinski definition) is 2. The molecule has 0 spiro atoms. The molecular weight excluding hydrogens is 447 g/mol. The second-order valence-electron chi connectivity index (χ2n) is 10.8. The number of aliphatic hydroxyl groups is 2. The molecule has 3 atom stereocenters. The molecule has 0 aromatic carbocycles. The fourth-order valence-corrected chi connectivity index (χ4v) is 17.4. The Balaban J connectivity index is 5.82. The second kappa shape index (κ2) is 12.6. The topological polar surface area (TPSA) is 93.1 Å². The van der Waals surface area contributed by atoms with Gasteiger partial charge in [-0.1, -0.05) is 83.1 Å². The molecule has 9 heteroatoms. The summed E-state index contributed by atoms with van der Waals surface area (Å²) in [6, 6.07) is 0. The minimum atomic E-state index is -3.01. The molecule has 31 heavy (non-hydrogen) atoms. The van der Waals surface area contributed by atoms with E-state index in [4.69, 9.17) is 8.85 Å². The summed E-state index contributed by atoms with van der Waals surface area (Å²) in [7, 11) is -7.88. The highest BCUT2D eigenvalue weighted by Gasteiger charge is 2.50. The third-order valence-corrected chi connectivity index (χ3v) is 20.3. The molecule has 3 unspecified atom stereocenters. The van der Waals surface area contributed by atoms with Gasteiger partial charge in [0.25, 0.3) is 0 Å². The Labute approximate surface area is 193 Å². The lowest BCUT2D eigenvalue weighted by Crippen LogP contribution is -2.53. The van der Waals surface area contributed by atoms with Crippen molar-refractivity contribution >= 4 is 24.3 Å². The van der Waals surface area contributed by atoms with Gasteiger partial charge in [-0.25, -0.2) is 9.13 Å². The first kappa shape index (κ1) is 31.2. The van der Waals surface area contributed by atoms with E-state index >= 15 is 0 Å². The van der Waals surface area contributed by atoms with Crippen molar-refractivity contribution in [2.24, 2.45) is 0 Å². The van der Waals surface area contributed by atoms with E-state index in [1.165, 1.54) is 0 Å². The third-order valence-electron chi connectivity index (χ3n) is 7.12. The lowest BCUT2D eigenvalue weighted by Gasteiger charge is -2.45. The molecule has 0 bridgehead atoms. The molecule has 0 amide bonds. The molecule has 6 nitrogen and oxygen atoms in total. The molecule has 0 aliphatic carbocycles.